The van der Waals surface area contributed by atoms with E-state index in [2.05, 4.69) is 15.9 Å². The Morgan fingerprint density at radius 1 is 1.41 bits per heavy atom. The van der Waals surface area contributed by atoms with Crippen LogP contribution in [0.4, 0.5) is 0 Å². The summed E-state index contributed by atoms with van der Waals surface area (Å²) in [7, 11) is 0. The SMILES string of the molecule is CCC[C@@H](O)[C@@H](N)c1cc2c(cc1Br)OCO2. The second-order valence-corrected chi connectivity index (χ2v) is 4.96. The van der Waals surface area contributed by atoms with E-state index in [9.17, 15) is 5.11 Å². The maximum absolute atomic E-state index is 9.93. The van der Waals surface area contributed by atoms with E-state index in [1.54, 1.807) is 0 Å². The van der Waals surface area contributed by atoms with Crippen LogP contribution in [0.25, 0.3) is 0 Å². The van der Waals surface area contributed by atoms with Crippen molar-refractivity contribution in [2.75, 3.05) is 6.79 Å². The Labute approximate surface area is 109 Å². The molecule has 0 saturated heterocycles. The number of aliphatic hydroxyl groups excluding tert-OH is 1. The Morgan fingerprint density at radius 3 is 2.71 bits per heavy atom. The predicted octanol–water partition coefficient (Wildman–Crippen LogP) is 2.34. The van der Waals surface area contributed by atoms with Crippen molar-refractivity contribution in [2.24, 2.45) is 5.73 Å². The lowest BCUT2D eigenvalue weighted by atomic mass is 9.99. The first-order valence-electron chi connectivity index (χ1n) is 5.66. The molecule has 3 N–H and O–H groups in total. The highest BCUT2D eigenvalue weighted by Crippen LogP contribution is 2.39. The zero-order chi connectivity index (χ0) is 12.4. The standard InChI is InChI=1S/C12H16BrNO3/c1-2-3-9(15)12(14)7-4-10-11(5-8(7)13)17-6-16-10/h4-5,9,12,15H,2-3,6,14H2,1H3/t9-,12+/m1/s1. The number of hydrogen-bond acceptors (Lipinski definition) is 4. The van der Waals surface area contributed by atoms with E-state index in [1.165, 1.54) is 0 Å². The van der Waals surface area contributed by atoms with Gasteiger partial charge in [0.2, 0.25) is 6.79 Å². The van der Waals surface area contributed by atoms with Gasteiger partial charge in [0, 0.05) is 4.47 Å². The molecule has 0 aliphatic carbocycles. The van der Waals surface area contributed by atoms with Gasteiger partial charge in [-0.1, -0.05) is 29.3 Å². The van der Waals surface area contributed by atoms with E-state index >= 15 is 0 Å². The number of rotatable bonds is 4. The highest BCUT2D eigenvalue weighted by molar-refractivity contribution is 9.10. The fraction of sp³-hybridized carbons (Fsp3) is 0.500. The van der Waals surface area contributed by atoms with E-state index < -0.39 is 12.1 Å². The lowest BCUT2D eigenvalue weighted by molar-refractivity contribution is 0.134. The van der Waals surface area contributed by atoms with Gasteiger partial charge in [0.1, 0.15) is 0 Å². The quantitative estimate of drug-likeness (QED) is 0.896. The molecule has 1 aliphatic rings. The molecule has 2 rings (SSSR count). The van der Waals surface area contributed by atoms with Crippen LogP contribution in [0.5, 0.6) is 11.5 Å². The van der Waals surface area contributed by atoms with Crippen molar-refractivity contribution in [1.82, 2.24) is 0 Å². The normalized spacial score (nSPS) is 16.9. The fourth-order valence-corrected chi connectivity index (χ4v) is 2.46. The summed E-state index contributed by atoms with van der Waals surface area (Å²) in [4.78, 5) is 0. The molecule has 1 aromatic carbocycles. The second kappa shape index (κ2) is 5.25. The fourth-order valence-electron chi connectivity index (χ4n) is 1.87. The molecule has 0 unspecified atom stereocenters. The summed E-state index contributed by atoms with van der Waals surface area (Å²) in [6, 6.07) is 3.24. The minimum Gasteiger partial charge on any atom is -0.454 e. The average Bonchev–Trinajstić information content (AvgIpc) is 2.74. The van der Waals surface area contributed by atoms with Crippen LogP contribution in [-0.4, -0.2) is 18.0 Å². The molecule has 17 heavy (non-hydrogen) atoms. The van der Waals surface area contributed by atoms with Gasteiger partial charge in [0.05, 0.1) is 12.1 Å². The van der Waals surface area contributed by atoms with Gasteiger partial charge in [-0.05, 0) is 24.1 Å². The summed E-state index contributed by atoms with van der Waals surface area (Å²) in [5.41, 5.74) is 6.89. The van der Waals surface area contributed by atoms with Crippen molar-refractivity contribution in [1.29, 1.82) is 0 Å². The number of ether oxygens (including phenoxy) is 2. The number of nitrogens with two attached hydrogens (primary N) is 1. The van der Waals surface area contributed by atoms with Gasteiger partial charge in [0.15, 0.2) is 11.5 Å². The monoisotopic (exact) mass is 301 g/mol. The van der Waals surface area contributed by atoms with Crippen LogP contribution in [0, 0.1) is 0 Å². The van der Waals surface area contributed by atoms with Gasteiger partial charge in [-0.25, -0.2) is 0 Å². The van der Waals surface area contributed by atoms with Gasteiger partial charge < -0.3 is 20.3 Å². The van der Waals surface area contributed by atoms with Crippen LogP contribution >= 0.6 is 15.9 Å². The Balaban J connectivity index is 2.26. The van der Waals surface area contributed by atoms with E-state index in [0.717, 1.165) is 16.5 Å². The van der Waals surface area contributed by atoms with Gasteiger partial charge >= 0.3 is 0 Å². The number of fused-ring (bicyclic) bond motifs is 1. The molecule has 0 radical (unpaired) electrons. The molecule has 1 heterocycles. The highest BCUT2D eigenvalue weighted by Gasteiger charge is 2.23. The summed E-state index contributed by atoms with van der Waals surface area (Å²) < 4.78 is 11.4. The van der Waals surface area contributed by atoms with Gasteiger partial charge in [-0.2, -0.15) is 0 Å². The minimum absolute atomic E-state index is 0.234. The van der Waals surface area contributed by atoms with Crippen molar-refractivity contribution in [2.45, 2.75) is 31.9 Å². The summed E-state index contributed by atoms with van der Waals surface area (Å²) in [5, 5.41) is 9.93. The van der Waals surface area contributed by atoms with Crippen molar-refractivity contribution >= 4 is 15.9 Å². The van der Waals surface area contributed by atoms with Crippen LogP contribution in [0.2, 0.25) is 0 Å². The first-order chi connectivity index (χ1) is 8.13. The largest absolute Gasteiger partial charge is 0.454 e. The van der Waals surface area contributed by atoms with Gasteiger partial charge in [-0.15, -0.1) is 0 Å². The van der Waals surface area contributed by atoms with E-state index in [0.29, 0.717) is 17.9 Å². The highest BCUT2D eigenvalue weighted by atomic mass is 79.9. The van der Waals surface area contributed by atoms with Gasteiger partial charge in [0.25, 0.3) is 0 Å². The molecule has 0 fully saturated rings. The number of aliphatic hydroxyl groups is 1. The topological polar surface area (TPSA) is 64.7 Å². The Bertz CT molecular complexity index is 411. The van der Waals surface area contributed by atoms with E-state index in [4.69, 9.17) is 15.2 Å². The molecular weight excluding hydrogens is 286 g/mol. The molecule has 1 aromatic rings. The maximum Gasteiger partial charge on any atom is 0.231 e. The number of halogens is 1. The third kappa shape index (κ3) is 2.56. The molecule has 5 heteroatoms. The molecule has 4 nitrogen and oxygen atoms in total. The number of benzene rings is 1. The molecule has 0 amide bonds. The van der Waals surface area contributed by atoms with Crippen LogP contribution in [0.1, 0.15) is 31.4 Å². The lowest BCUT2D eigenvalue weighted by Gasteiger charge is -2.20. The van der Waals surface area contributed by atoms with E-state index in [-0.39, 0.29) is 6.79 Å². The van der Waals surface area contributed by atoms with Crippen LogP contribution in [0.15, 0.2) is 16.6 Å². The zero-order valence-electron chi connectivity index (χ0n) is 9.65. The van der Waals surface area contributed by atoms with Crippen molar-refractivity contribution in [3.63, 3.8) is 0 Å². The molecule has 2 atom stereocenters. The van der Waals surface area contributed by atoms with Crippen molar-refractivity contribution < 1.29 is 14.6 Å². The first kappa shape index (κ1) is 12.7. The minimum atomic E-state index is -0.545. The Hall–Kier alpha value is -0.780. The summed E-state index contributed by atoms with van der Waals surface area (Å²) in [5.74, 6) is 1.39. The average molecular weight is 302 g/mol. The third-order valence-electron chi connectivity index (χ3n) is 2.85. The molecule has 0 spiro atoms. The lowest BCUT2D eigenvalue weighted by Crippen LogP contribution is -2.26. The van der Waals surface area contributed by atoms with E-state index in [1.807, 2.05) is 19.1 Å². The number of hydrogen-bond donors (Lipinski definition) is 2. The molecule has 1 aliphatic heterocycles. The summed E-state index contributed by atoms with van der Waals surface area (Å²) in [6.45, 7) is 2.25. The molecular formula is C12H16BrNO3. The molecule has 94 valence electrons. The zero-order valence-corrected chi connectivity index (χ0v) is 11.2. The maximum atomic E-state index is 9.93. The van der Waals surface area contributed by atoms with Crippen LogP contribution in [0.3, 0.4) is 0 Å². The molecule has 0 aromatic heterocycles. The molecule has 0 bridgehead atoms. The Kier molecular flexibility index (Phi) is 3.91. The first-order valence-corrected chi connectivity index (χ1v) is 6.45. The van der Waals surface area contributed by atoms with Gasteiger partial charge in [-0.3, -0.25) is 0 Å². The van der Waals surface area contributed by atoms with Crippen molar-refractivity contribution in [3.8, 4) is 11.5 Å². The third-order valence-corrected chi connectivity index (χ3v) is 3.54. The Morgan fingerprint density at radius 2 is 2.06 bits per heavy atom. The second-order valence-electron chi connectivity index (χ2n) is 4.11. The summed E-state index contributed by atoms with van der Waals surface area (Å²) >= 11 is 3.44. The van der Waals surface area contributed by atoms with Crippen LogP contribution < -0.4 is 15.2 Å². The van der Waals surface area contributed by atoms with Crippen molar-refractivity contribution in [3.05, 3.63) is 22.2 Å². The predicted molar refractivity (Wildman–Crippen MR) is 68.1 cm³/mol. The summed E-state index contributed by atoms with van der Waals surface area (Å²) in [6.07, 6.45) is 1.04. The molecule has 0 saturated carbocycles. The smallest absolute Gasteiger partial charge is 0.231 e. The van der Waals surface area contributed by atoms with Crippen LogP contribution in [-0.2, 0) is 0 Å².